The zero-order valence-corrected chi connectivity index (χ0v) is 12.5. The minimum Gasteiger partial charge on any atom is -0.333 e. The van der Waals surface area contributed by atoms with Crippen molar-refractivity contribution in [1.82, 2.24) is 15.5 Å². The molecule has 2 heterocycles. The summed E-state index contributed by atoms with van der Waals surface area (Å²) in [4.78, 5) is 26.5. The van der Waals surface area contributed by atoms with Crippen molar-refractivity contribution in [2.75, 3.05) is 19.6 Å². The van der Waals surface area contributed by atoms with Crippen LogP contribution in [-0.2, 0) is 11.3 Å². The van der Waals surface area contributed by atoms with Gasteiger partial charge >= 0.3 is 6.03 Å². The van der Waals surface area contributed by atoms with Gasteiger partial charge in [0.05, 0.1) is 13.1 Å². The van der Waals surface area contributed by atoms with Gasteiger partial charge in [0.15, 0.2) is 0 Å². The van der Waals surface area contributed by atoms with Crippen LogP contribution in [0.2, 0.25) is 0 Å². The van der Waals surface area contributed by atoms with E-state index >= 15 is 0 Å². The Morgan fingerprint density at radius 1 is 1.40 bits per heavy atom. The van der Waals surface area contributed by atoms with Crippen LogP contribution in [0.4, 0.5) is 4.79 Å². The number of urea groups is 1. The van der Waals surface area contributed by atoms with E-state index in [0.29, 0.717) is 13.1 Å². The van der Waals surface area contributed by atoms with Crippen LogP contribution >= 0.6 is 11.3 Å². The molecule has 0 bridgehead atoms. The highest BCUT2D eigenvalue weighted by Crippen LogP contribution is 2.15. The molecular weight excluding hydrogens is 274 g/mol. The Morgan fingerprint density at radius 2 is 2.15 bits per heavy atom. The molecule has 0 saturated carbocycles. The zero-order valence-electron chi connectivity index (χ0n) is 11.7. The zero-order chi connectivity index (χ0) is 14.4. The van der Waals surface area contributed by atoms with Crippen LogP contribution in [0.1, 0.15) is 24.6 Å². The number of carbonyl (C=O) groups is 2. The van der Waals surface area contributed by atoms with E-state index in [0.717, 1.165) is 36.7 Å². The van der Waals surface area contributed by atoms with Crippen molar-refractivity contribution < 1.29 is 9.59 Å². The topological polar surface area (TPSA) is 61.4 Å². The molecule has 20 heavy (non-hydrogen) atoms. The van der Waals surface area contributed by atoms with Crippen LogP contribution in [0.5, 0.6) is 0 Å². The molecule has 110 valence electrons. The van der Waals surface area contributed by atoms with E-state index in [9.17, 15) is 9.59 Å². The van der Waals surface area contributed by atoms with Gasteiger partial charge in [-0.1, -0.05) is 13.0 Å². The Kier molecular flexibility index (Phi) is 5.55. The average molecular weight is 295 g/mol. The van der Waals surface area contributed by atoms with Gasteiger partial charge in [0.25, 0.3) is 0 Å². The predicted molar refractivity (Wildman–Crippen MR) is 79.5 cm³/mol. The molecule has 0 unspecified atom stereocenters. The lowest BCUT2D eigenvalue weighted by Gasteiger charge is -2.29. The molecule has 6 heteroatoms. The highest BCUT2D eigenvalue weighted by atomic mass is 32.1. The van der Waals surface area contributed by atoms with E-state index in [4.69, 9.17) is 0 Å². The molecule has 1 aromatic heterocycles. The molecule has 1 aromatic rings. The summed E-state index contributed by atoms with van der Waals surface area (Å²) in [5.41, 5.74) is 0. The third kappa shape index (κ3) is 4.94. The summed E-state index contributed by atoms with van der Waals surface area (Å²) >= 11 is 1.58. The van der Waals surface area contributed by atoms with E-state index in [1.165, 1.54) is 0 Å². The van der Waals surface area contributed by atoms with Gasteiger partial charge in [0.1, 0.15) is 0 Å². The fraction of sp³-hybridized carbons (Fsp3) is 0.571. The smallest absolute Gasteiger partial charge is 0.321 e. The van der Waals surface area contributed by atoms with Gasteiger partial charge in [-0.05, 0) is 43.3 Å². The van der Waals surface area contributed by atoms with Crippen LogP contribution in [0.15, 0.2) is 17.5 Å². The number of hydrogen-bond donors (Lipinski definition) is 2. The standard InChI is InChI=1S/C14H21N3O2S/c1-11-4-6-17(7-5-11)10-13(18)16-14(19)15-9-12-3-2-8-20-12/h2-3,8,11H,4-7,9-10H2,1H3,(H2,15,16,18,19). The van der Waals surface area contributed by atoms with Gasteiger partial charge in [-0.15, -0.1) is 11.3 Å². The first-order chi connectivity index (χ1) is 9.63. The van der Waals surface area contributed by atoms with Crippen LogP contribution in [0.25, 0.3) is 0 Å². The lowest BCUT2D eigenvalue weighted by molar-refractivity contribution is -0.121. The SMILES string of the molecule is CC1CCN(CC(=O)NC(=O)NCc2cccs2)CC1. The summed E-state index contributed by atoms with van der Waals surface area (Å²) < 4.78 is 0. The minimum absolute atomic E-state index is 0.233. The number of rotatable bonds is 4. The Labute approximate surface area is 123 Å². The van der Waals surface area contributed by atoms with Gasteiger partial charge in [-0.3, -0.25) is 15.0 Å². The van der Waals surface area contributed by atoms with E-state index in [-0.39, 0.29) is 5.91 Å². The Balaban J connectivity index is 1.64. The molecule has 2 N–H and O–H groups in total. The van der Waals surface area contributed by atoms with Crippen molar-refractivity contribution in [3.8, 4) is 0 Å². The normalized spacial score (nSPS) is 16.9. The molecular formula is C14H21N3O2S. The van der Waals surface area contributed by atoms with Gasteiger partial charge in [0, 0.05) is 4.88 Å². The van der Waals surface area contributed by atoms with Gasteiger partial charge < -0.3 is 5.32 Å². The third-order valence-electron chi connectivity index (χ3n) is 3.50. The van der Waals surface area contributed by atoms with Crippen LogP contribution in [-0.4, -0.2) is 36.5 Å². The lowest BCUT2D eigenvalue weighted by atomic mass is 9.99. The maximum atomic E-state index is 11.8. The fourth-order valence-electron chi connectivity index (χ4n) is 2.21. The lowest BCUT2D eigenvalue weighted by Crippen LogP contribution is -2.45. The Bertz CT molecular complexity index is 439. The number of thiophene rings is 1. The van der Waals surface area contributed by atoms with Crippen molar-refractivity contribution in [3.63, 3.8) is 0 Å². The number of nitrogens with zero attached hydrogens (tertiary/aromatic N) is 1. The van der Waals surface area contributed by atoms with Crippen LogP contribution < -0.4 is 10.6 Å². The largest absolute Gasteiger partial charge is 0.333 e. The summed E-state index contributed by atoms with van der Waals surface area (Å²) in [7, 11) is 0. The first kappa shape index (κ1) is 15.0. The minimum atomic E-state index is -0.422. The number of amides is 3. The molecule has 5 nitrogen and oxygen atoms in total. The van der Waals surface area contributed by atoms with E-state index in [1.54, 1.807) is 11.3 Å². The molecule has 3 amide bonds. The first-order valence-corrected chi connectivity index (χ1v) is 7.84. The van der Waals surface area contributed by atoms with Crippen LogP contribution in [0.3, 0.4) is 0 Å². The summed E-state index contributed by atoms with van der Waals surface area (Å²) in [5.74, 6) is 0.506. The molecule has 1 aliphatic heterocycles. The molecule has 0 spiro atoms. The second-order valence-corrected chi connectivity index (χ2v) is 6.30. The van der Waals surface area contributed by atoms with Crippen molar-refractivity contribution in [1.29, 1.82) is 0 Å². The van der Waals surface area contributed by atoms with Gasteiger partial charge in [-0.25, -0.2) is 4.79 Å². The van der Waals surface area contributed by atoms with Crippen molar-refractivity contribution >= 4 is 23.3 Å². The number of nitrogens with one attached hydrogen (secondary N) is 2. The van der Waals surface area contributed by atoms with E-state index in [1.807, 2.05) is 17.5 Å². The molecule has 1 aliphatic rings. The highest BCUT2D eigenvalue weighted by molar-refractivity contribution is 7.09. The van der Waals surface area contributed by atoms with Gasteiger partial charge in [-0.2, -0.15) is 0 Å². The van der Waals surface area contributed by atoms with Crippen LogP contribution in [0, 0.1) is 5.92 Å². The molecule has 1 fully saturated rings. The van der Waals surface area contributed by atoms with Crippen molar-refractivity contribution in [2.45, 2.75) is 26.3 Å². The third-order valence-corrected chi connectivity index (χ3v) is 4.38. The molecule has 0 atom stereocenters. The molecule has 1 saturated heterocycles. The molecule has 0 aliphatic carbocycles. The first-order valence-electron chi connectivity index (χ1n) is 6.96. The van der Waals surface area contributed by atoms with Gasteiger partial charge in [0.2, 0.25) is 5.91 Å². The number of carbonyl (C=O) groups excluding carboxylic acids is 2. The predicted octanol–water partition coefficient (Wildman–Crippen LogP) is 1.81. The number of imide groups is 1. The summed E-state index contributed by atoms with van der Waals surface area (Å²) in [6.45, 7) is 4.86. The average Bonchev–Trinajstić information content (AvgIpc) is 2.92. The second kappa shape index (κ2) is 7.40. The van der Waals surface area contributed by atoms with Crippen molar-refractivity contribution in [3.05, 3.63) is 22.4 Å². The summed E-state index contributed by atoms with van der Waals surface area (Å²) in [6, 6.07) is 3.46. The summed E-state index contributed by atoms with van der Waals surface area (Å²) in [6.07, 6.45) is 2.25. The molecule has 0 aromatic carbocycles. The maximum absolute atomic E-state index is 11.8. The Hall–Kier alpha value is -1.40. The second-order valence-electron chi connectivity index (χ2n) is 5.27. The quantitative estimate of drug-likeness (QED) is 0.890. The number of piperidine rings is 1. The maximum Gasteiger partial charge on any atom is 0.321 e. The molecule has 0 radical (unpaired) electrons. The van der Waals surface area contributed by atoms with E-state index in [2.05, 4.69) is 22.5 Å². The Morgan fingerprint density at radius 3 is 2.80 bits per heavy atom. The highest BCUT2D eigenvalue weighted by Gasteiger charge is 2.18. The number of likely N-dealkylation sites (tertiary alicyclic amines) is 1. The molecule has 2 rings (SSSR count). The fourth-order valence-corrected chi connectivity index (χ4v) is 2.86. The number of hydrogen-bond acceptors (Lipinski definition) is 4. The summed E-state index contributed by atoms with van der Waals surface area (Å²) in [5, 5.41) is 7.01. The van der Waals surface area contributed by atoms with Crippen molar-refractivity contribution in [2.24, 2.45) is 5.92 Å². The monoisotopic (exact) mass is 295 g/mol. The van der Waals surface area contributed by atoms with E-state index < -0.39 is 6.03 Å².